The zero-order valence-electron chi connectivity index (χ0n) is 15.8. The van der Waals surface area contributed by atoms with Gasteiger partial charge in [0.1, 0.15) is 11.5 Å². The number of rotatable bonds is 5. The highest BCUT2D eigenvalue weighted by Crippen LogP contribution is 2.24. The molecule has 0 spiro atoms. The van der Waals surface area contributed by atoms with Crippen LogP contribution in [0.25, 0.3) is 0 Å². The number of likely N-dealkylation sites (tertiary alicyclic amines) is 2. The van der Waals surface area contributed by atoms with Crippen LogP contribution in [0.15, 0.2) is 23.2 Å². The monoisotopic (exact) mass is 474 g/mol. The minimum Gasteiger partial charge on any atom is -0.508 e. The second-order valence-electron chi connectivity index (χ2n) is 6.85. The van der Waals surface area contributed by atoms with E-state index in [1.165, 1.54) is 32.4 Å². The van der Waals surface area contributed by atoms with E-state index in [0.29, 0.717) is 11.8 Å². The molecule has 0 aliphatic carbocycles. The smallest absolute Gasteiger partial charge is 0.193 e. The van der Waals surface area contributed by atoms with E-state index in [-0.39, 0.29) is 29.7 Å². The van der Waals surface area contributed by atoms with Crippen LogP contribution in [0.1, 0.15) is 24.8 Å². The van der Waals surface area contributed by atoms with Gasteiger partial charge < -0.3 is 20.1 Å². The van der Waals surface area contributed by atoms with Gasteiger partial charge in [-0.2, -0.15) is 0 Å². The Labute approximate surface area is 173 Å². The van der Waals surface area contributed by atoms with Crippen LogP contribution in [0.2, 0.25) is 0 Å². The molecule has 0 bridgehead atoms. The fourth-order valence-electron chi connectivity index (χ4n) is 3.86. The summed E-state index contributed by atoms with van der Waals surface area (Å²) in [5, 5.41) is 13.5. The summed E-state index contributed by atoms with van der Waals surface area (Å²) in [7, 11) is 3.45. The highest BCUT2D eigenvalue weighted by Gasteiger charge is 2.30. The molecular weight excluding hydrogens is 443 g/mol. The van der Waals surface area contributed by atoms with Gasteiger partial charge in [-0.3, -0.25) is 9.89 Å². The third-order valence-corrected chi connectivity index (χ3v) is 5.30. The summed E-state index contributed by atoms with van der Waals surface area (Å²) >= 11 is 0. The number of hydrogen-bond acceptors (Lipinski definition) is 4. The van der Waals surface area contributed by atoms with Crippen molar-refractivity contribution in [3.8, 4) is 11.5 Å². The molecule has 2 aliphatic rings. The first-order valence-electron chi connectivity index (χ1n) is 9.27. The summed E-state index contributed by atoms with van der Waals surface area (Å²) < 4.78 is 5.12. The molecule has 0 saturated carbocycles. The highest BCUT2D eigenvalue weighted by molar-refractivity contribution is 14.0. The summed E-state index contributed by atoms with van der Waals surface area (Å²) in [5.41, 5.74) is 0.917. The van der Waals surface area contributed by atoms with E-state index in [1.807, 2.05) is 19.2 Å². The topological polar surface area (TPSA) is 60.3 Å². The van der Waals surface area contributed by atoms with Gasteiger partial charge in [0.15, 0.2) is 5.96 Å². The molecule has 3 rings (SSSR count). The van der Waals surface area contributed by atoms with E-state index in [4.69, 9.17) is 4.74 Å². The molecule has 1 atom stereocenters. The first-order valence-corrected chi connectivity index (χ1v) is 9.27. The Kier molecular flexibility index (Phi) is 8.27. The van der Waals surface area contributed by atoms with Crippen molar-refractivity contribution in [2.45, 2.75) is 31.7 Å². The van der Waals surface area contributed by atoms with E-state index in [1.54, 1.807) is 13.2 Å². The standard InChI is InChI=1S/C19H30N4O2.HI/c1-20-19(23-12-8-16(14-23)22-10-3-4-11-22)21-9-7-15-5-6-17(25-2)13-18(15)24;/h5-6,13,16,24H,3-4,7-12,14H2,1-2H3,(H,20,21);1H. The molecule has 0 amide bonds. The zero-order valence-corrected chi connectivity index (χ0v) is 18.1. The van der Waals surface area contributed by atoms with Gasteiger partial charge in [0.25, 0.3) is 0 Å². The number of benzene rings is 1. The molecule has 2 heterocycles. The van der Waals surface area contributed by atoms with Crippen molar-refractivity contribution < 1.29 is 9.84 Å². The van der Waals surface area contributed by atoms with Gasteiger partial charge in [0, 0.05) is 38.8 Å². The number of nitrogens with zero attached hydrogens (tertiary/aromatic N) is 3. The van der Waals surface area contributed by atoms with Crippen LogP contribution in [-0.2, 0) is 6.42 Å². The first kappa shape index (κ1) is 21.1. The molecule has 2 aliphatic heterocycles. The van der Waals surface area contributed by atoms with Crippen LogP contribution in [0.5, 0.6) is 11.5 Å². The number of halogens is 1. The molecule has 2 fully saturated rings. The number of phenolic OH excluding ortho intramolecular Hbond substituents is 1. The molecule has 146 valence electrons. The van der Waals surface area contributed by atoms with Crippen molar-refractivity contribution in [1.82, 2.24) is 15.1 Å². The number of phenols is 1. The lowest BCUT2D eigenvalue weighted by atomic mass is 10.1. The van der Waals surface area contributed by atoms with E-state index in [9.17, 15) is 5.11 Å². The Morgan fingerprint density at radius 3 is 2.73 bits per heavy atom. The Hall–Kier alpha value is -1.22. The number of hydrogen-bond donors (Lipinski definition) is 2. The predicted molar refractivity (Wildman–Crippen MR) is 116 cm³/mol. The Bertz CT molecular complexity index is 605. The maximum absolute atomic E-state index is 10.1. The van der Waals surface area contributed by atoms with E-state index >= 15 is 0 Å². The van der Waals surface area contributed by atoms with Crippen molar-refractivity contribution in [1.29, 1.82) is 0 Å². The average molecular weight is 474 g/mol. The molecule has 1 unspecified atom stereocenters. The van der Waals surface area contributed by atoms with Crippen molar-refractivity contribution in [3.63, 3.8) is 0 Å². The molecule has 7 heteroatoms. The lowest BCUT2D eigenvalue weighted by Gasteiger charge is -2.25. The Morgan fingerprint density at radius 2 is 2.08 bits per heavy atom. The van der Waals surface area contributed by atoms with Gasteiger partial charge in [0.05, 0.1) is 7.11 Å². The Balaban J connectivity index is 0.00000243. The van der Waals surface area contributed by atoms with E-state index in [2.05, 4.69) is 20.1 Å². The van der Waals surface area contributed by atoms with E-state index < -0.39 is 0 Å². The molecular formula is C19H31IN4O2. The molecule has 0 aromatic heterocycles. The molecule has 1 aromatic rings. The minimum atomic E-state index is 0. The highest BCUT2D eigenvalue weighted by atomic mass is 127. The maximum atomic E-state index is 10.1. The van der Waals surface area contributed by atoms with E-state index in [0.717, 1.165) is 37.6 Å². The summed E-state index contributed by atoms with van der Waals surface area (Å²) in [6.07, 6.45) is 4.65. The number of aliphatic imine (C=N–C) groups is 1. The maximum Gasteiger partial charge on any atom is 0.193 e. The van der Waals surface area contributed by atoms with Crippen molar-refractivity contribution in [2.75, 3.05) is 46.9 Å². The molecule has 2 N–H and O–H groups in total. The summed E-state index contributed by atoms with van der Waals surface area (Å²) in [5.74, 6) is 1.93. The Morgan fingerprint density at radius 1 is 1.31 bits per heavy atom. The molecule has 0 radical (unpaired) electrons. The number of guanidine groups is 1. The summed E-state index contributed by atoms with van der Waals surface area (Å²) in [6.45, 7) is 5.38. The van der Waals surface area contributed by atoms with Crippen molar-refractivity contribution in [2.24, 2.45) is 4.99 Å². The second kappa shape index (κ2) is 10.2. The average Bonchev–Trinajstić information content (AvgIpc) is 3.31. The van der Waals surface area contributed by atoms with Crippen LogP contribution in [0, 0.1) is 0 Å². The van der Waals surface area contributed by atoms with Gasteiger partial charge in [0.2, 0.25) is 0 Å². The fraction of sp³-hybridized carbons (Fsp3) is 0.632. The number of nitrogens with one attached hydrogen (secondary N) is 1. The van der Waals surface area contributed by atoms with Gasteiger partial charge >= 0.3 is 0 Å². The first-order chi connectivity index (χ1) is 12.2. The number of ether oxygens (including phenoxy) is 1. The summed E-state index contributed by atoms with van der Waals surface area (Å²) in [6, 6.07) is 6.13. The lowest BCUT2D eigenvalue weighted by molar-refractivity contribution is 0.249. The minimum absolute atomic E-state index is 0. The largest absolute Gasteiger partial charge is 0.508 e. The molecule has 1 aromatic carbocycles. The normalized spacial score (nSPS) is 20.9. The predicted octanol–water partition coefficient (Wildman–Crippen LogP) is 2.31. The van der Waals surface area contributed by atoms with Crippen molar-refractivity contribution in [3.05, 3.63) is 23.8 Å². The SMILES string of the molecule is CN=C(NCCc1ccc(OC)cc1O)N1CCC(N2CCCC2)C1.I. The van der Waals surface area contributed by atoms with Gasteiger partial charge in [-0.15, -0.1) is 24.0 Å². The fourth-order valence-corrected chi connectivity index (χ4v) is 3.86. The number of methoxy groups -OCH3 is 1. The van der Waals surface area contributed by atoms with Crippen LogP contribution in [0.4, 0.5) is 0 Å². The zero-order chi connectivity index (χ0) is 17.6. The van der Waals surface area contributed by atoms with Crippen LogP contribution < -0.4 is 10.1 Å². The summed E-state index contributed by atoms with van der Waals surface area (Å²) in [4.78, 5) is 9.43. The van der Waals surface area contributed by atoms with Crippen molar-refractivity contribution >= 4 is 29.9 Å². The molecule has 2 saturated heterocycles. The molecule has 26 heavy (non-hydrogen) atoms. The van der Waals surface area contributed by atoms with Gasteiger partial charge in [-0.25, -0.2) is 0 Å². The van der Waals surface area contributed by atoms with Crippen LogP contribution in [0.3, 0.4) is 0 Å². The quantitative estimate of drug-likeness (QED) is 0.390. The van der Waals surface area contributed by atoms with Crippen LogP contribution in [-0.4, -0.2) is 73.8 Å². The lowest BCUT2D eigenvalue weighted by Crippen LogP contribution is -2.43. The molecule has 6 nitrogen and oxygen atoms in total. The number of aromatic hydroxyl groups is 1. The second-order valence-corrected chi connectivity index (χ2v) is 6.85. The third-order valence-electron chi connectivity index (χ3n) is 5.30. The third kappa shape index (κ3) is 5.16. The van der Waals surface area contributed by atoms with Gasteiger partial charge in [-0.1, -0.05) is 6.07 Å². The van der Waals surface area contributed by atoms with Crippen LogP contribution >= 0.6 is 24.0 Å². The van der Waals surface area contributed by atoms with Gasteiger partial charge in [-0.05, 0) is 50.4 Å².